The van der Waals surface area contributed by atoms with Crippen LogP contribution in [0.2, 0.25) is 0 Å². The Labute approximate surface area is 116 Å². The standard InChI is InChI=1S/C14H19BrN2O/c1-9-4-3-5-10(2)17(9)14(18)11-6-7-12(15)13(16)8-11/h6-10H,3-5,16H2,1-2H3. The Balaban J connectivity index is 2.26. The van der Waals surface area contributed by atoms with E-state index < -0.39 is 0 Å². The molecule has 2 rings (SSSR count). The smallest absolute Gasteiger partial charge is 0.254 e. The van der Waals surface area contributed by atoms with E-state index in [2.05, 4.69) is 29.8 Å². The maximum Gasteiger partial charge on any atom is 0.254 e. The predicted octanol–water partition coefficient (Wildman–Crippen LogP) is 3.43. The summed E-state index contributed by atoms with van der Waals surface area (Å²) < 4.78 is 0.832. The van der Waals surface area contributed by atoms with E-state index in [1.54, 1.807) is 6.07 Å². The van der Waals surface area contributed by atoms with Gasteiger partial charge >= 0.3 is 0 Å². The first kappa shape index (κ1) is 13.4. The van der Waals surface area contributed by atoms with Crippen LogP contribution in [-0.4, -0.2) is 22.9 Å². The summed E-state index contributed by atoms with van der Waals surface area (Å²) in [5.74, 6) is 0.0916. The Kier molecular flexibility index (Phi) is 3.95. The summed E-state index contributed by atoms with van der Waals surface area (Å²) in [4.78, 5) is 14.5. The van der Waals surface area contributed by atoms with Crippen LogP contribution in [0.3, 0.4) is 0 Å². The van der Waals surface area contributed by atoms with Crippen LogP contribution in [-0.2, 0) is 0 Å². The second-order valence-corrected chi connectivity index (χ2v) is 5.93. The van der Waals surface area contributed by atoms with Gasteiger partial charge in [-0.25, -0.2) is 0 Å². The van der Waals surface area contributed by atoms with E-state index in [1.807, 2.05) is 17.0 Å². The number of nitrogen functional groups attached to an aromatic ring is 1. The highest BCUT2D eigenvalue weighted by molar-refractivity contribution is 9.10. The van der Waals surface area contributed by atoms with Crippen molar-refractivity contribution in [1.29, 1.82) is 0 Å². The SMILES string of the molecule is CC1CCCC(C)N1C(=O)c1ccc(Br)c(N)c1. The molecule has 2 atom stereocenters. The zero-order valence-corrected chi connectivity index (χ0v) is 12.4. The molecule has 2 unspecified atom stereocenters. The van der Waals surface area contributed by atoms with E-state index in [9.17, 15) is 4.79 Å². The normalized spacial score (nSPS) is 24.1. The van der Waals surface area contributed by atoms with E-state index in [-0.39, 0.29) is 5.91 Å². The molecule has 18 heavy (non-hydrogen) atoms. The molecule has 1 aliphatic heterocycles. The number of amides is 1. The van der Waals surface area contributed by atoms with Gasteiger partial charge in [-0.2, -0.15) is 0 Å². The van der Waals surface area contributed by atoms with E-state index in [1.165, 1.54) is 6.42 Å². The number of nitrogens with zero attached hydrogens (tertiary/aromatic N) is 1. The zero-order valence-electron chi connectivity index (χ0n) is 10.8. The summed E-state index contributed by atoms with van der Waals surface area (Å²) in [6.07, 6.45) is 3.37. The van der Waals surface area contributed by atoms with E-state index in [4.69, 9.17) is 5.73 Å². The quantitative estimate of drug-likeness (QED) is 0.808. The van der Waals surface area contributed by atoms with Crippen LogP contribution in [0.1, 0.15) is 43.5 Å². The molecule has 0 radical (unpaired) electrons. The summed E-state index contributed by atoms with van der Waals surface area (Å²) in [6.45, 7) is 4.24. The summed E-state index contributed by atoms with van der Waals surface area (Å²) >= 11 is 3.35. The monoisotopic (exact) mass is 310 g/mol. The Morgan fingerprint density at radius 2 is 1.94 bits per heavy atom. The van der Waals surface area contributed by atoms with Gasteiger partial charge in [-0.05, 0) is 67.2 Å². The summed E-state index contributed by atoms with van der Waals surface area (Å²) in [7, 11) is 0. The van der Waals surface area contributed by atoms with Crippen molar-refractivity contribution >= 4 is 27.5 Å². The number of benzene rings is 1. The fourth-order valence-electron chi connectivity index (χ4n) is 2.65. The minimum absolute atomic E-state index is 0.0916. The molecule has 0 saturated carbocycles. The average molecular weight is 311 g/mol. The summed E-state index contributed by atoms with van der Waals surface area (Å²) in [5, 5.41) is 0. The predicted molar refractivity (Wildman–Crippen MR) is 77.5 cm³/mol. The van der Waals surface area contributed by atoms with Crippen LogP contribution in [0.4, 0.5) is 5.69 Å². The third kappa shape index (κ3) is 2.53. The molecule has 3 nitrogen and oxygen atoms in total. The second kappa shape index (κ2) is 5.31. The molecule has 0 aromatic heterocycles. The van der Waals surface area contributed by atoms with Crippen LogP contribution in [0.25, 0.3) is 0 Å². The Hall–Kier alpha value is -1.03. The molecular formula is C14H19BrN2O. The number of nitrogens with two attached hydrogens (primary N) is 1. The van der Waals surface area contributed by atoms with Gasteiger partial charge in [-0.15, -0.1) is 0 Å². The Bertz CT molecular complexity index is 451. The molecule has 1 amide bonds. The summed E-state index contributed by atoms with van der Waals surface area (Å²) in [5.41, 5.74) is 7.13. The highest BCUT2D eigenvalue weighted by Crippen LogP contribution is 2.26. The van der Waals surface area contributed by atoms with Crippen molar-refractivity contribution in [2.24, 2.45) is 0 Å². The lowest BCUT2D eigenvalue weighted by Crippen LogP contribution is -2.47. The number of halogens is 1. The number of anilines is 1. The number of piperidine rings is 1. The number of carbonyl (C=O) groups is 1. The van der Waals surface area contributed by atoms with Gasteiger partial charge < -0.3 is 10.6 Å². The first-order valence-electron chi connectivity index (χ1n) is 6.38. The van der Waals surface area contributed by atoms with Crippen LogP contribution in [0, 0.1) is 0 Å². The van der Waals surface area contributed by atoms with Crippen molar-refractivity contribution < 1.29 is 4.79 Å². The van der Waals surface area contributed by atoms with Gasteiger partial charge in [-0.3, -0.25) is 4.79 Å². The number of hydrogen-bond acceptors (Lipinski definition) is 2. The average Bonchev–Trinajstić information content (AvgIpc) is 2.32. The van der Waals surface area contributed by atoms with Gasteiger partial charge in [0, 0.05) is 27.8 Å². The molecule has 1 fully saturated rings. The molecule has 4 heteroatoms. The fraction of sp³-hybridized carbons (Fsp3) is 0.500. The fourth-order valence-corrected chi connectivity index (χ4v) is 2.89. The molecule has 98 valence electrons. The highest BCUT2D eigenvalue weighted by Gasteiger charge is 2.29. The Morgan fingerprint density at radius 3 is 2.50 bits per heavy atom. The van der Waals surface area contributed by atoms with E-state index in [0.717, 1.165) is 17.3 Å². The van der Waals surface area contributed by atoms with Gasteiger partial charge in [0.15, 0.2) is 0 Å². The van der Waals surface area contributed by atoms with Gasteiger partial charge in [0.25, 0.3) is 5.91 Å². The van der Waals surface area contributed by atoms with Gasteiger partial charge in [0.1, 0.15) is 0 Å². The summed E-state index contributed by atoms with van der Waals surface area (Å²) in [6, 6.07) is 6.04. The number of likely N-dealkylation sites (tertiary alicyclic amines) is 1. The molecule has 0 aliphatic carbocycles. The molecule has 2 N–H and O–H groups in total. The topological polar surface area (TPSA) is 46.3 Å². The molecule has 0 spiro atoms. The molecule has 1 aromatic rings. The van der Waals surface area contributed by atoms with Gasteiger partial charge in [-0.1, -0.05) is 0 Å². The van der Waals surface area contributed by atoms with Crippen LogP contribution in [0.5, 0.6) is 0 Å². The van der Waals surface area contributed by atoms with Crippen molar-refractivity contribution in [1.82, 2.24) is 4.90 Å². The zero-order chi connectivity index (χ0) is 13.3. The molecular weight excluding hydrogens is 292 g/mol. The molecule has 1 aliphatic rings. The number of carbonyl (C=O) groups excluding carboxylic acids is 1. The minimum Gasteiger partial charge on any atom is -0.398 e. The lowest BCUT2D eigenvalue weighted by Gasteiger charge is -2.39. The van der Waals surface area contributed by atoms with Crippen molar-refractivity contribution in [3.05, 3.63) is 28.2 Å². The largest absolute Gasteiger partial charge is 0.398 e. The molecule has 1 saturated heterocycles. The number of hydrogen-bond donors (Lipinski definition) is 1. The third-order valence-electron chi connectivity index (χ3n) is 3.67. The first-order chi connectivity index (χ1) is 8.50. The lowest BCUT2D eigenvalue weighted by molar-refractivity contribution is 0.0511. The third-order valence-corrected chi connectivity index (χ3v) is 4.39. The van der Waals surface area contributed by atoms with Crippen LogP contribution >= 0.6 is 15.9 Å². The lowest BCUT2D eigenvalue weighted by atomic mass is 9.96. The first-order valence-corrected chi connectivity index (χ1v) is 7.17. The Morgan fingerprint density at radius 1 is 1.33 bits per heavy atom. The van der Waals surface area contributed by atoms with Crippen molar-refractivity contribution in [3.63, 3.8) is 0 Å². The van der Waals surface area contributed by atoms with Crippen molar-refractivity contribution in [3.8, 4) is 0 Å². The maximum absolute atomic E-state index is 12.5. The van der Waals surface area contributed by atoms with Gasteiger partial charge in [0.05, 0.1) is 0 Å². The van der Waals surface area contributed by atoms with E-state index >= 15 is 0 Å². The maximum atomic E-state index is 12.5. The van der Waals surface area contributed by atoms with Crippen LogP contribution < -0.4 is 5.73 Å². The van der Waals surface area contributed by atoms with Crippen LogP contribution in [0.15, 0.2) is 22.7 Å². The number of rotatable bonds is 1. The molecule has 1 aromatic carbocycles. The van der Waals surface area contributed by atoms with Crippen molar-refractivity contribution in [2.45, 2.75) is 45.2 Å². The molecule has 1 heterocycles. The minimum atomic E-state index is 0.0916. The molecule has 0 bridgehead atoms. The highest BCUT2D eigenvalue weighted by atomic mass is 79.9. The van der Waals surface area contributed by atoms with Crippen molar-refractivity contribution in [2.75, 3.05) is 5.73 Å². The second-order valence-electron chi connectivity index (χ2n) is 5.08. The van der Waals surface area contributed by atoms with Gasteiger partial charge in [0.2, 0.25) is 0 Å². The van der Waals surface area contributed by atoms with E-state index in [0.29, 0.717) is 23.3 Å².